The lowest BCUT2D eigenvalue weighted by atomic mass is 10.0. The summed E-state index contributed by atoms with van der Waals surface area (Å²) in [5.74, 6) is -0.684. The van der Waals surface area contributed by atoms with Crippen molar-refractivity contribution in [3.05, 3.63) is 12.3 Å². The summed E-state index contributed by atoms with van der Waals surface area (Å²) in [6.45, 7) is 3.36. The van der Waals surface area contributed by atoms with Crippen molar-refractivity contribution in [3.63, 3.8) is 0 Å². The third-order valence-electron chi connectivity index (χ3n) is 3.51. The van der Waals surface area contributed by atoms with Crippen LogP contribution in [0.1, 0.15) is 26.7 Å². The van der Waals surface area contributed by atoms with Crippen molar-refractivity contribution in [2.24, 2.45) is 5.73 Å². The third kappa shape index (κ3) is 7.21. The van der Waals surface area contributed by atoms with Crippen molar-refractivity contribution in [1.82, 2.24) is 15.8 Å². The average molecular weight is 355 g/mol. The van der Waals surface area contributed by atoms with Crippen LogP contribution in [0.5, 0.6) is 5.88 Å². The van der Waals surface area contributed by atoms with Gasteiger partial charge in [-0.3, -0.25) is 15.0 Å². The molecule has 0 radical (unpaired) electrons. The van der Waals surface area contributed by atoms with E-state index in [1.165, 1.54) is 19.4 Å². The van der Waals surface area contributed by atoms with E-state index in [2.05, 4.69) is 20.3 Å². The lowest BCUT2D eigenvalue weighted by Crippen LogP contribution is -2.51. The molecule has 1 aromatic heterocycles. The van der Waals surface area contributed by atoms with E-state index in [1.807, 2.05) is 0 Å². The Labute approximate surface area is 145 Å². The molecule has 0 saturated carbocycles. The van der Waals surface area contributed by atoms with Crippen LogP contribution in [-0.2, 0) is 14.3 Å². The zero-order valence-corrected chi connectivity index (χ0v) is 14.6. The topological polar surface area (TPSA) is 153 Å². The largest absolute Gasteiger partial charge is 0.467 e. The minimum atomic E-state index is -1.07. The Bertz CT molecular complexity index is 573. The summed E-state index contributed by atoms with van der Waals surface area (Å²) in [5, 5.41) is 16.0. The first-order valence-electron chi connectivity index (χ1n) is 7.76. The lowest BCUT2D eigenvalue weighted by molar-refractivity contribution is -0.142. The van der Waals surface area contributed by atoms with E-state index in [0.29, 0.717) is 19.4 Å². The predicted molar refractivity (Wildman–Crippen MR) is 89.2 cm³/mol. The fraction of sp³-hybridized carbons (Fsp3) is 0.600. The Morgan fingerprint density at radius 3 is 2.76 bits per heavy atom. The van der Waals surface area contributed by atoms with Gasteiger partial charge in [0.05, 0.1) is 6.04 Å². The Morgan fingerprint density at radius 2 is 2.20 bits per heavy atom. The highest BCUT2D eigenvalue weighted by Gasteiger charge is 2.31. The number of nitrogens with zero attached hydrogens (tertiary/aromatic N) is 1. The van der Waals surface area contributed by atoms with Gasteiger partial charge in [-0.25, -0.2) is 0 Å². The molecule has 1 rings (SSSR count). The van der Waals surface area contributed by atoms with Gasteiger partial charge in [0.1, 0.15) is 11.9 Å². The fourth-order valence-electron chi connectivity index (χ4n) is 1.79. The predicted octanol–water partition coefficient (Wildman–Crippen LogP) is -0.204. The van der Waals surface area contributed by atoms with Gasteiger partial charge in [0.2, 0.25) is 0 Å². The van der Waals surface area contributed by atoms with Gasteiger partial charge in [0.25, 0.3) is 11.8 Å². The van der Waals surface area contributed by atoms with Gasteiger partial charge < -0.3 is 30.4 Å². The second-order valence-electron chi connectivity index (χ2n) is 5.82. The van der Waals surface area contributed by atoms with E-state index in [4.69, 9.17) is 20.6 Å². The number of hydrogen-bond acceptors (Lipinski definition) is 7. The van der Waals surface area contributed by atoms with Gasteiger partial charge in [-0.15, -0.1) is 0 Å². The summed E-state index contributed by atoms with van der Waals surface area (Å²) < 4.78 is 15.0. The molecule has 1 aromatic rings. The molecule has 0 spiro atoms. The van der Waals surface area contributed by atoms with E-state index >= 15 is 0 Å². The molecule has 1 unspecified atom stereocenters. The van der Waals surface area contributed by atoms with Gasteiger partial charge in [0.15, 0.2) is 18.3 Å². The van der Waals surface area contributed by atoms with Gasteiger partial charge in [-0.2, -0.15) is 0 Å². The number of carbonyl (C=O) groups is 2. The van der Waals surface area contributed by atoms with Crippen LogP contribution in [0.2, 0.25) is 0 Å². The second-order valence-corrected chi connectivity index (χ2v) is 5.82. The summed E-state index contributed by atoms with van der Waals surface area (Å²) in [6.07, 6.45) is 2.20. The number of guanidine groups is 1. The average Bonchev–Trinajstić information content (AvgIpc) is 3.08. The van der Waals surface area contributed by atoms with Crippen molar-refractivity contribution in [3.8, 4) is 5.88 Å². The number of methoxy groups -OCH3 is 1. The van der Waals surface area contributed by atoms with E-state index in [9.17, 15) is 9.59 Å². The van der Waals surface area contributed by atoms with Crippen molar-refractivity contribution in [2.75, 3.05) is 20.3 Å². The molecule has 25 heavy (non-hydrogen) atoms. The Hall–Kier alpha value is -2.62. The van der Waals surface area contributed by atoms with Crippen molar-refractivity contribution < 1.29 is 23.6 Å². The Kier molecular flexibility index (Phi) is 7.86. The molecule has 0 aliphatic heterocycles. The number of carbonyl (C=O) groups excluding carboxylic acids is 2. The Morgan fingerprint density at radius 1 is 1.48 bits per heavy atom. The number of aromatic nitrogens is 1. The highest BCUT2D eigenvalue weighted by Crippen LogP contribution is 2.10. The molecule has 1 heterocycles. The molecule has 0 aliphatic carbocycles. The first-order chi connectivity index (χ1) is 11.8. The maximum Gasteiger partial charge on any atom is 0.254 e. The number of ketones is 1. The molecule has 140 valence electrons. The Balaban J connectivity index is 2.63. The first-order valence-corrected chi connectivity index (χ1v) is 7.76. The van der Waals surface area contributed by atoms with Crippen LogP contribution < -0.4 is 21.1 Å². The van der Waals surface area contributed by atoms with Crippen LogP contribution in [-0.4, -0.2) is 54.7 Å². The number of amides is 1. The second kappa shape index (κ2) is 9.62. The minimum absolute atomic E-state index is 0.151. The number of nitrogens with two attached hydrogens (primary N) is 1. The van der Waals surface area contributed by atoms with Crippen LogP contribution in [0.3, 0.4) is 0 Å². The molecular weight excluding hydrogens is 330 g/mol. The standard InChI is InChI=1S/C15H25N5O5/c1-15(2,23-3)13(22)19-10(5-4-7-18-14(16)17)11(21)9-24-12-6-8-25-20-12/h6,8,10H,4-5,7,9H2,1-3H3,(H,19,22)(H4,16,17,18). The number of Topliss-reactive ketones (excluding diaryl/α,β-unsaturated/α-hetero) is 1. The van der Waals surface area contributed by atoms with Gasteiger partial charge in [-0.05, 0) is 31.8 Å². The summed E-state index contributed by atoms with van der Waals surface area (Å²) in [5.41, 5.74) is 4.14. The van der Waals surface area contributed by atoms with E-state index in [-0.39, 0.29) is 24.2 Å². The number of rotatable bonds is 11. The number of ether oxygens (including phenoxy) is 2. The van der Waals surface area contributed by atoms with Crippen molar-refractivity contribution in [2.45, 2.75) is 38.3 Å². The molecule has 0 bridgehead atoms. The maximum atomic E-state index is 12.4. The summed E-state index contributed by atoms with van der Waals surface area (Å²) in [6, 6.07) is 0.716. The molecule has 10 heteroatoms. The van der Waals surface area contributed by atoms with Gasteiger partial charge in [0, 0.05) is 19.7 Å². The molecule has 0 aromatic carbocycles. The van der Waals surface area contributed by atoms with Crippen molar-refractivity contribution >= 4 is 17.6 Å². The summed E-state index contributed by atoms with van der Waals surface area (Å²) in [4.78, 5) is 24.6. The molecule has 5 N–H and O–H groups in total. The minimum Gasteiger partial charge on any atom is -0.467 e. The number of hydrogen-bond donors (Lipinski definition) is 4. The first kappa shape index (κ1) is 20.4. The monoisotopic (exact) mass is 355 g/mol. The summed E-state index contributed by atoms with van der Waals surface area (Å²) in [7, 11) is 1.42. The molecule has 10 nitrogen and oxygen atoms in total. The van der Waals surface area contributed by atoms with Gasteiger partial charge >= 0.3 is 0 Å². The third-order valence-corrected chi connectivity index (χ3v) is 3.51. The van der Waals surface area contributed by atoms with Gasteiger partial charge in [-0.1, -0.05) is 0 Å². The summed E-state index contributed by atoms with van der Waals surface area (Å²) >= 11 is 0. The molecule has 0 saturated heterocycles. The molecular formula is C15H25N5O5. The highest BCUT2D eigenvalue weighted by molar-refractivity contribution is 5.92. The van der Waals surface area contributed by atoms with Crippen LogP contribution in [0.15, 0.2) is 16.9 Å². The molecule has 1 amide bonds. The van der Waals surface area contributed by atoms with Crippen LogP contribution in [0.25, 0.3) is 0 Å². The SMILES string of the molecule is COC(C)(C)C(=O)NC(CCCNC(=N)N)C(=O)COc1ccon1. The zero-order chi connectivity index (χ0) is 18.9. The van der Waals surface area contributed by atoms with Crippen LogP contribution >= 0.6 is 0 Å². The number of nitrogens with one attached hydrogen (secondary N) is 3. The fourth-order valence-corrected chi connectivity index (χ4v) is 1.79. The van der Waals surface area contributed by atoms with Crippen LogP contribution in [0, 0.1) is 5.41 Å². The van der Waals surface area contributed by atoms with Crippen molar-refractivity contribution in [1.29, 1.82) is 5.41 Å². The highest BCUT2D eigenvalue weighted by atomic mass is 16.5. The molecule has 0 aliphatic rings. The van der Waals surface area contributed by atoms with E-state index in [0.717, 1.165) is 0 Å². The maximum absolute atomic E-state index is 12.4. The quantitative estimate of drug-likeness (QED) is 0.242. The lowest BCUT2D eigenvalue weighted by Gasteiger charge is -2.25. The van der Waals surface area contributed by atoms with E-state index < -0.39 is 17.6 Å². The molecule has 1 atom stereocenters. The normalized spacial score (nSPS) is 12.3. The molecule has 0 fully saturated rings. The van der Waals surface area contributed by atoms with Crippen LogP contribution in [0.4, 0.5) is 0 Å². The van der Waals surface area contributed by atoms with E-state index in [1.54, 1.807) is 13.8 Å². The zero-order valence-electron chi connectivity index (χ0n) is 14.6. The smallest absolute Gasteiger partial charge is 0.254 e.